The van der Waals surface area contributed by atoms with Gasteiger partial charge in [0.2, 0.25) is 0 Å². The van der Waals surface area contributed by atoms with E-state index >= 15 is 0 Å². The van der Waals surface area contributed by atoms with E-state index in [0.29, 0.717) is 6.42 Å². The quantitative estimate of drug-likeness (QED) is 0.742. The number of nitrogens with one attached hydrogen (secondary N) is 1. The minimum atomic E-state index is -1.11. The molecule has 0 aromatic heterocycles. The number of alkyl carbamates (subject to hydrolysis) is 1. The monoisotopic (exact) mass is 257 g/mol. The van der Waals surface area contributed by atoms with Crippen LogP contribution in [0.15, 0.2) is 12.2 Å². The molecule has 0 heterocycles. The number of carbonyl (C=O) groups excluding carboxylic acids is 1. The van der Waals surface area contributed by atoms with Crippen LogP contribution in [0, 0.1) is 5.92 Å². The van der Waals surface area contributed by atoms with Crippen molar-refractivity contribution in [3.8, 4) is 0 Å². The summed E-state index contributed by atoms with van der Waals surface area (Å²) in [5.74, 6) is -0.877. The summed E-state index contributed by atoms with van der Waals surface area (Å²) in [6, 6.07) is -0.614. The molecular formula is C13H23NO4. The molecule has 0 spiro atoms. The van der Waals surface area contributed by atoms with Crippen LogP contribution in [-0.2, 0) is 9.53 Å². The van der Waals surface area contributed by atoms with Gasteiger partial charge in [-0.1, -0.05) is 20.4 Å². The predicted octanol–water partition coefficient (Wildman–Crippen LogP) is 2.57. The topological polar surface area (TPSA) is 75.6 Å². The Balaban J connectivity index is 4.65. The van der Waals surface area contributed by atoms with Crippen LogP contribution in [0.5, 0.6) is 0 Å². The van der Waals surface area contributed by atoms with Gasteiger partial charge < -0.3 is 15.2 Å². The van der Waals surface area contributed by atoms with Crippen LogP contribution >= 0.6 is 0 Å². The Bertz CT molecular complexity index is 328. The smallest absolute Gasteiger partial charge is 0.408 e. The van der Waals surface area contributed by atoms with Crippen molar-refractivity contribution < 1.29 is 19.4 Å². The molecule has 0 saturated heterocycles. The molecule has 18 heavy (non-hydrogen) atoms. The SMILES string of the molecule is C=C(C(=O)O)[C@H](CC(C)C)NC(=O)OC(C)(C)C. The third-order valence-electron chi connectivity index (χ3n) is 2.09. The number of amides is 1. The van der Waals surface area contributed by atoms with E-state index in [1.54, 1.807) is 20.8 Å². The van der Waals surface area contributed by atoms with Crippen molar-refractivity contribution in [3.05, 3.63) is 12.2 Å². The van der Waals surface area contributed by atoms with Crippen molar-refractivity contribution in [2.45, 2.75) is 52.7 Å². The lowest BCUT2D eigenvalue weighted by molar-refractivity contribution is -0.133. The largest absolute Gasteiger partial charge is 0.478 e. The molecule has 1 amide bonds. The third kappa shape index (κ3) is 6.93. The van der Waals surface area contributed by atoms with Gasteiger partial charge in [-0.3, -0.25) is 0 Å². The second-order valence-electron chi connectivity index (χ2n) is 5.66. The minimum Gasteiger partial charge on any atom is -0.478 e. The lowest BCUT2D eigenvalue weighted by atomic mass is 9.98. The molecule has 0 bridgehead atoms. The van der Waals surface area contributed by atoms with Gasteiger partial charge in [0, 0.05) is 0 Å². The summed E-state index contributed by atoms with van der Waals surface area (Å²) >= 11 is 0. The van der Waals surface area contributed by atoms with Crippen molar-refractivity contribution in [1.29, 1.82) is 0 Å². The Morgan fingerprint density at radius 1 is 1.33 bits per heavy atom. The van der Waals surface area contributed by atoms with E-state index < -0.39 is 23.7 Å². The first-order valence-electron chi connectivity index (χ1n) is 5.94. The van der Waals surface area contributed by atoms with Crippen LogP contribution < -0.4 is 5.32 Å². The van der Waals surface area contributed by atoms with Crippen LogP contribution in [0.4, 0.5) is 4.79 Å². The Morgan fingerprint density at radius 3 is 2.17 bits per heavy atom. The highest BCUT2D eigenvalue weighted by Gasteiger charge is 2.24. The average molecular weight is 257 g/mol. The fraction of sp³-hybridized carbons (Fsp3) is 0.692. The van der Waals surface area contributed by atoms with Gasteiger partial charge in [-0.05, 0) is 33.1 Å². The second-order valence-corrected chi connectivity index (χ2v) is 5.66. The zero-order valence-electron chi connectivity index (χ0n) is 11.7. The zero-order chi connectivity index (χ0) is 14.5. The number of hydrogen-bond donors (Lipinski definition) is 2. The van der Waals surface area contributed by atoms with E-state index in [1.165, 1.54) is 0 Å². The van der Waals surface area contributed by atoms with Crippen LogP contribution in [-0.4, -0.2) is 28.8 Å². The maximum Gasteiger partial charge on any atom is 0.408 e. The Kier molecular flexibility index (Phi) is 5.88. The lowest BCUT2D eigenvalue weighted by Gasteiger charge is -2.24. The fourth-order valence-corrected chi connectivity index (χ4v) is 1.36. The van der Waals surface area contributed by atoms with E-state index in [0.717, 1.165) is 0 Å². The van der Waals surface area contributed by atoms with Gasteiger partial charge in [0.1, 0.15) is 5.60 Å². The van der Waals surface area contributed by atoms with Gasteiger partial charge in [-0.2, -0.15) is 0 Å². The number of aliphatic carboxylic acids is 1. The second kappa shape index (κ2) is 6.42. The molecule has 0 aromatic carbocycles. The number of rotatable bonds is 5. The normalized spacial score (nSPS) is 13.0. The van der Waals surface area contributed by atoms with Crippen LogP contribution in [0.3, 0.4) is 0 Å². The molecule has 0 fully saturated rings. The highest BCUT2D eigenvalue weighted by molar-refractivity contribution is 5.88. The van der Waals surface area contributed by atoms with Gasteiger partial charge in [0.15, 0.2) is 0 Å². The Hall–Kier alpha value is -1.52. The van der Waals surface area contributed by atoms with E-state index in [1.807, 2.05) is 13.8 Å². The summed E-state index contributed by atoms with van der Waals surface area (Å²) in [5, 5.41) is 11.5. The van der Waals surface area contributed by atoms with E-state index in [2.05, 4.69) is 11.9 Å². The van der Waals surface area contributed by atoms with Crippen LogP contribution in [0.25, 0.3) is 0 Å². The number of carboxylic acids is 1. The molecule has 0 aromatic rings. The summed E-state index contributed by atoms with van der Waals surface area (Å²) in [6.07, 6.45) is -0.125. The molecule has 2 N–H and O–H groups in total. The molecular weight excluding hydrogens is 234 g/mol. The number of carboxylic acid groups (broad SMARTS) is 1. The van der Waals surface area contributed by atoms with Gasteiger partial charge in [0.05, 0.1) is 11.6 Å². The van der Waals surface area contributed by atoms with Gasteiger partial charge in [0.25, 0.3) is 0 Å². The minimum absolute atomic E-state index is 0.0328. The zero-order valence-corrected chi connectivity index (χ0v) is 11.7. The lowest BCUT2D eigenvalue weighted by Crippen LogP contribution is -2.42. The summed E-state index contributed by atoms with van der Waals surface area (Å²) in [5.41, 5.74) is -0.647. The van der Waals surface area contributed by atoms with Crippen molar-refractivity contribution in [1.82, 2.24) is 5.32 Å². The van der Waals surface area contributed by atoms with Crippen LogP contribution in [0.1, 0.15) is 41.0 Å². The molecule has 0 unspecified atom stereocenters. The van der Waals surface area contributed by atoms with Crippen molar-refractivity contribution in [2.24, 2.45) is 5.92 Å². The van der Waals surface area contributed by atoms with Crippen molar-refractivity contribution in [2.75, 3.05) is 0 Å². The maximum atomic E-state index is 11.6. The Labute approximate surface area is 108 Å². The van der Waals surface area contributed by atoms with Gasteiger partial charge in [-0.15, -0.1) is 0 Å². The molecule has 0 aliphatic rings. The molecule has 0 rings (SSSR count). The fourth-order valence-electron chi connectivity index (χ4n) is 1.36. The Morgan fingerprint density at radius 2 is 1.83 bits per heavy atom. The number of ether oxygens (including phenoxy) is 1. The summed E-state index contributed by atoms with van der Waals surface area (Å²) in [7, 11) is 0. The molecule has 0 radical (unpaired) electrons. The van der Waals surface area contributed by atoms with E-state index in [9.17, 15) is 9.59 Å². The number of hydrogen-bond acceptors (Lipinski definition) is 3. The first-order valence-corrected chi connectivity index (χ1v) is 5.94. The highest BCUT2D eigenvalue weighted by Crippen LogP contribution is 2.13. The molecule has 5 heteroatoms. The molecule has 5 nitrogen and oxygen atoms in total. The van der Waals surface area contributed by atoms with Crippen molar-refractivity contribution >= 4 is 12.1 Å². The van der Waals surface area contributed by atoms with E-state index in [4.69, 9.17) is 9.84 Å². The standard InChI is InChI=1S/C13H23NO4/c1-8(2)7-10(9(3)11(15)16)14-12(17)18-13(4,5)6/h8,10H,3,7H2,1-2,4-6H3,(H,14,17)(H,15,16)/t10-/m0/s1. The predicted molar refractivity (Wildman–Crippen MR) is 69.4 cm³/mol. The summed E-state index contributed by atoms with van der Waals surface area (Å²) in [6.45, 7) is 12.6. The third-order valence-corrected chi connectivity index (χ3v) is 2.09. The van der Waals surface area contributed by atoms with Gasteiger partial charge >= 0.3 is 12.1 Å². The van der Waals surface area contributed by atoms with E-state index in [-0.39, 0.29) is 11.5 Å². The number of carbonyl (C=O) groups is 2. The molecule has 104 valence electrons. The molecule has 1 atom stereocenters. The van der Waals surface area contributed by atoms with Gasteiger partial charge in [-0.25, -0.2) is 9.59 Å². The van der Waals surface area contributed by atoms with Crippen molar-refractivity contribution in [3.63, 3.8) is 0 Å². The highest BCUT2D eigenvalue weighted by atomic mass is 16.6. The average Bonchev–Trinajstić information content (AvgIpc) is 2.11. The first kappa shape index (κ1) is 16.5. The molecule has 0 aliphatic heterocycles. The molecule has 0 aliphatic carbocycles. The van der Waals surface area contributed by atoms with Crippen LogP contribution in [0.2, 0.25) is 0 Å². The summed E-state index contributed by atoms with van der Waals surface area (Å²) < 4.78 is 5.10. The summed E-state index contributed by atoms with van der Waals surface area (Å²) in [4.78, 5) is 22.5. The molecule has 0 saturated carbocycles. The maximum absolute atomic E-state index is 11.6. The first-order chi connectivity index (χ1) is 8.03.